The number of rotatable bonds is 2. The zero-order valence-electron chi connectivity index (χ0n) is 10.1. The van der Waals surface area contributed by atoms with Gasteiger partial charge in [0.05, 0.1) is 6.04 Å². The highest BCUT2D eigenvalue weighted by atomic mass is 16.2. The summed E-state index contributed by atoms with van der Waals surface area (Å²) in [6.07, 6.45) is 0. The molecule has 3 heteroatoms. The third-order valence-electron chi connectivity index (χ3n) is 3.24. The predicted octanol–water partition coefficient (Wildman–Crippen LogP) is 1.35. The Morgan fingerprint density at radius 2 is 2.06 bits per heavy atom. The van der Waals surface area contributed by atoms with Crippen LogP contribution in [0.25, 0.3) is 0 Å². The van der Waals surface area contributed by atoms with Crippen LogP contribution >= 0.6 is 0 Å². The monoisotopic (exact) mass is 218 g/mol. The van der Waals surface area contributed by atoms with E-state index in [4.69, 9.17) is 0 Å². The van der Waals surface area contributed by atoms with E-state index in [-0.39, 0.29) is 5.91 Å². The average Bonchev–Trinajstić information content (AvgIpc) is 2.14. The van der Waals surface area contributed by atoms with Crippen molar-refractivity contribution >= 4 is 5.91 Å². The largest absolute Gasteiger partial charge is 0.336 e. The Morgan fingerprint density at radius 3 is 2.56 bits per heavy atom. The number of hydrogen-bond donors (Lipinski definition) is 1. The second-order valence-corrected chi connectivity index (χ2v) is 4.55. The van der Waals surface area contributed by atoms with Crippen LogP contribution in [0.15, 0.2) is 18.2 Å². The van der Waals surface area contributed by atoms with Gasteiger partial charge < -0.3 is 10.2 Å². The summed E-state index contributed by atoms with van der Waals surface area (Å²) in [5, 5.41) is 3.18. The lowest BCUT2D eigenvalue weighted by Gasteiger charge is -2.35. The summed E-state index contributed by atoms with van der Waals surface area (Å²) in [5.41, 5.74) is 3.08. The molecule has 1 aliphatic heterocycles. The molecule has 1 N–H and O–H groups in total. The quantitative estimate of drug-likeness (QED) is 0.812. The zero-order valence-corrected chi connectivity index (χ0v) is 10.1. The van der Waals surface area contributed by atoms with Crippen LogP contribution in [-0.4, -0.2) is 37.0 Å². The highest BCUT2D eigenvalue weighted by molar-refractivity contribution is 5.95. The SMILES string of the molecule is Cc1ccc(C(=O)N(C)C2CNC2)c(C)c1. The Bertz CT molecular complexity index is 410. The van der Waals surface area contributed by atoms with Gasteiger partial charge in [-0.3, -0.25) is 4.79 Å². The lowest BCUT2D eigenvalue weighted by Crippen LogP contribution is -2.57. The molecule has 1 amide bonds. The molecule has 0 atom stereocenters. The molecule has 0 spiro atoms. The summed E-state index contributed by atoms with van der Waals surface area (Å²) < 4.78 is 0. The molecule has 1 saturated heterocycles. The lowest BCUT2D eigenvalue weighted by atomic mass is 10.0. The van der Waals surface area contributed by atoms with Crippen molar-refractivity contribution in [1.82, 2.24) is 10.2 Å². The van der Waals surface area contributed by atoms with E-state index in [1.54, 1.807) is 0 Å². The maximum Gasteiger partial charge on any atom is 0.254 e. The number of carbonyl (C=O) groups excluding carboxylic acids is 1. The number of nitrogens with one attached hydrogen (secondary N) is 1. The van der Waals surface area contributed by atoms with Gasteiger partial charge in [-0.05, 0) is 25.5 Å². The summed E-state index contributed by atoms with van der Waals surface area (Å²) in [6, 6.07) is 6.33. The van der Waals surface area contributed by atoms with Crippen LogP contribution in [0.3, 0.4) is 0 Å². The normalized spacial score (nSPS) is 15.7. The Balaban J connectivity index is 2.19. The van der Waals surface area contributed by atoms with Gasteiger partial charge in [0.1, 0.15) is 0 Å². The van der Waals surface area contributed by atoms with Crippen LogP contribution in [0, 0.1) is 13.8 Å². The molecule has 16 heavy (non-hydrogen) atoms. The van der Waals surface area contributed by atoms with Gasteiger partial charge in [-0.15, -0.1) is 0 Å². The molecule has 0 aliphatic carbocycles. The van der Waals surface area contributed by atoms with Crippen molar-refractivity contribution < 1.29 is 4.79 Å². The van der Waals surface area contributed by atoms with E-state index in [1.807, 2.05) is 37.9 Å². The maximum absolute atomic E-state index is 12.2. The summed E-state index contributed by atoms with van der Waals surface area (Å²) in [7, 11) is 1.88. The first-order valence-electron chi connectivity index (χ1n) is 5.64. The minimum atomic E-state index is 0.129. The van der Waals surface area contributed by atoms with E-state index >= 15 is 0 Å². The fourth-order valence-corrected chi connectivity index (χ4v) is 1.96. The number of hydrogen-bond acceptors (Lipinski definition) is 2. The molecule has 0 unspecified atom stereocenters. The van der Waals surface area contributed by atoms with Crippen LogP contribution in [0.2, 0.25) is 0 Å². The molecule has 3 nitrogen and oxygen atoms in total. The molecule has 1 aromatic rings. The second-order valence-electron chi connectivity index (χ2n) is 4.55. The smallest absolute Gasteiger partial charge is 0.254 e. The van der Waals surface area contributed by atoms with E-state index in [0.29, 0.717) is 6.04 Å². The second kappa shape index (κ2) is 4.26. The molecule has 1 aromatic carbocycles. The first kappa shape index (κ1) is 11.1. The molecule has 1 fully saturated rings. The molecule has 0 aromatic heterocycles. The molecule has 0 bridgehead atoms. The van der Waals surface area contributed by atoms with Gasteiger partial charge in [0.25, 0.3) is 5.91 Å². The van der Waals surface area contributed by atoms with E-state index in [0.717, 1.165) is 24.2 Å². The van der Waals surface area contributed by atoms with Crippen molar-refractivity contribution in [3.05, 3.63) is 34.9 Å². The van der Waals surface area contributed by atoms with Crippen molar-refractivity contribution in [1.29, 1.82) is 0 Å². The number of nitrogens with zero attached hydrogens (tertiary/aromatic N) is 1. The van der Waals surface area contributed by atoms with Gasteiger partial charge in [-0.25, -0.2) is 0 Å². The van der Waals surface area contributed by atoms with Crippen molar-refractivity contribution in [2.75, 3.05) is 20.1 Å². The fourth-order valence-electron chi connectivity index (χ4n) is 1.96. The maximum atomic E-state index is 12.2. The van der Waals surface area contributed by atoms with Crippen LogP contribution in [-0.2, 0) is 0 Å². The van der Waals surface area contributed by atoms with E-state index < -0.39 is 0 Å². The summed E-state index contributed by atoms with van der Waals surface area (Å²) in [5.74, 6) is 0.129. The zero-order chi connectivity index (χ0) is 11.7. The molecule has 0 saturated carbocycles. The summed E-state index contributed by atoms with van der Waals surface area (Å²) >= 11 is 0. The van der Waals surface area contributed by atoms with Crippen LogP contribution < -0.4 is 5.32 Å². The summed E-state index contributed by atoms with van der Waals surface area (Å²) in [4.78, 5) is 14.1. The Morgan fingerprint density at radius 1 is 1.38 bits per heavy atom. The molecule has 86 valence electrons. The topological polar surface area (TPSA) is 32.3 Å². The van der Waals surface area contributed by atoms with Crippen LogP contribution in [0.4, 0.5) is 0 Å². The molecule has 1 aliphatic rings. The summed E-state index contributed by atoms with van der Waals surface area (Å²) in [6.45, 7) is 5.86. The number of aryl methyl sites for hydroxylation is 2. The lowest BCUT2D eigenvalue weighted by molar-refractivity contribution is 0.0680. The minimum Gasteiger partial charge on any atom is -0.336 e. The van der Waals surface area contributed by atoms with E-state index in [2.05, 4.69) is 11.4 Å². The van der Waals surface area contributed by atoms with E-state index in [1.165, 1.54) is 5.56 Å². The molecule has 2 rings (SSSR count). The van der Waals surface area contributed by atoms with Gasteiger partial charge in [-0.2, -0.15) is 0 Å². The molecule has 1 heterocycles. The first-order chi connectivity index (χ1) is 7.59. The van der Waals surface area contributed by atoms with Gasteiger partial charge in [0.15, 0.2) is 0 Å². The Labute approximate surface area is 96.5 Å². The number of benzene rings is 1. The average molecular weight is 218 g/mol. The first-order valence-corrected chi connectivity index (χ1v) is 5.64. The van der Waals surface area contributed by atoms with Crippen molar-refractivity contribution in [3.63, 3.8) is 0 Å². The van der Waals surface area contributed by atoms with Gasteiger partial charge in [-0.1, -0.05) is 17.7 Å². The number of carbonyl (C=O) groups is 1. The standard InChI is InChI=1S/C13H18N2O/c1-9-4-5-12(10(2)6-9)13(16)15(3)11-7-14-8-11/h4-6,11,14H,7-8H2,1-3H3. The van der Waals surface area contributed by atoms with Gasteiger partial charge >= 0.3 is 0 Å². The van der Waals surface area contributed by atoms with Gasteiger partial charge in [0.2, 0.25) is 0 Å². The highest BCUT2D eigenvalue weighted by Gasteiger charge is 2.26. The predicted molar refractivity (Wildman–Crippen MR) is 64.7 cm³/mol. The van der Waals surface area contributed by atoms with Crippen molar-refractivity contribution in [2.45, 2.75) is 19.9 Å². The molecule has 0 radical (unpaired) electrons. The van der Waals surface area contributed by atoms with Crippen LogP contribution in [0.5, 0.6) is 0 Å². The minimum absolute atomic E-state index is 0.129. The van der Waals surface area contributed by atoms with Gasteiger partial charge in [0, 0.05) is 25.7 Å². The number of likely N-dealkylation sites (N-methyl/N-ethyl adjacent to an activating group) is 1. The fraction of sp³-hybridized carbons (Fsp3) is 0.462. The third-order valence-corrected chi connectivity index (χ3v) is 3.24. The highest BCUT2D eigenvalue weighted by Crippen LogP contribution is 2.14. The Hall–Kier alpha value is -1.35. The van der Waals surface area contributed by atoms with Crippen molar-refractivity contribution in [3.8, 4) is 0 Å². The van der Waals surface area contributed by atoms with Crippen molar-refractivity contribution in [2.24, 2.45) is 0 Å². The third kappa shape index (κ3) is 1.95. The number of amides is 1. The Kier molecular flexibility index (Phi) is 2.97. The molecular weight excluding hydrogens is 200 g/mol. The van der Waals surface area contributed by atoms with Crippen LogP contribution in [0.1, 0.15) is 21.5 Å². The molecular formula is C13H18N2O. The van der Waals surface area contributed by atoms with E-state index in [9.17, 15) is 4.79 Å².